The summed E-state index contributed by atoms with van der Waals surface area (Å²) in [4.78, 5) is 36.3. The van der Waals surface area contributed by atoms with Crippen LogP contribution in [-0.4, -0.2) is 72.3 Å². The number of hydrogen-bond acceptors (Lipinski definition) is 9. The Hall–Kier alpha value is -1.97. The van der Waals surface area contributed by atoms with Gasteiger partial charge >= 0.3 is 17.9 Å². The standard InChI is InChI=1S/C23H32O9/c1-11(2)20(27)31-15-8-22(9-28-13(4)24)16(7-12(15)3)32-19-17(26)18(30-14(5)25)21(22,6)23(19)10-29-23/h7,11,15-19,26H,8-10H2,1-6H3/t15-,16+,17+,18+,19+,21+,22+,23-/m0/s1. The first-order chi connectivity index (χ1) is 14.9. The number of esters is 3. The van der Waals surface area contributed by atoms with Crippen molar-refractivity contribution in [2.75, 3.05) is 13.2 Å². The molecule has 2 bridgehead atoms. The molecule has 9 heteroatoms. The number of aliphatic hydroxyl groups excluding tert-OH is 1. The highest BCUT2D eigenvalue weighted by Gasteiger charge is 2.86. The third-order valence-corrected chi connectivity index (χ3v) is 7.88. The van der Waals surface area contributed by atoms with Gasteiger partial charge in [0.15, 0.2) is 0 Å². The second kappa shape index (κ2) is 7.53. The molecule has 0 aromatic heterocycles. The molecule has 0 unspecified atom stereocenters. The summed E-state index contributed by atoms with van der Waals surface area (Å²) in [5.74, 6) is -1.67. The summed E-state index contributed by atoms with van der Waals surface area (Å²) in [6.45, 7) is 10.1. The lowest BCUT2D eigenvalue weighted by Crippen LogP contribution is -2.68. The van der Waals surface area contributed by atoms with Crippen molar-refractivity contribution in [3.05, 3.63) is 11.6 Å². The molecule has 2 heterocycles. The Labute approximate surface area is 187 Å². The molecule has 3 fully saturated rings. The van der Waals surface area contributed by atoms with Gasteiger partial charge in [0, 0.05) is 20.3 Å². The fourth-order valence-electron chi connectivity index (χ4n) is 6.00. The van der Waals surface area contributed by atoms with E-state index in [9.17, 15) is 19.5 Å². The third-order valence-electron chi connectivity index (χ3n) is 7.88. The molecule has 0 aromatic rings. The molecule has 1 N–H and O–H groups in total. The lowest BCUT2D eigenvalue weighted by Gasteiger charge is -2.58. The fourth-order valence-corrected chi connectivity index (χ4v) is 6.00. The second-order valence-electron chi connectivity index (χ2n) is 10.0. The summed E-state index contributed by atoms with van der Waals surface area (Å²) < 4.78 is 29.3. The van der Waals surface area contributed by atoms with E-state index in [-0.39, 0.29) is 24.9 Å². The van der Waals surface area contributed by atoms with Crippen LogP contribution in [0.5, 0.6) is 0 Å². The normalized spacial score (nSPS) is 44.0. The van der Waals surface area contributed by atoms with Gasteiger partial charge in [-0.05, 0) is 12.5 Å². The summed E-state index contributed by atoms with van der Waals surface area (Å²) >= 11 is 0. The minimum absolute atomic E-state index is 0.0642. The zero-order chi connectivity index (χ0) is 23.6. The fraction of sp³-hybridized carbons (Fsp3) is 0.783. The van der Waals surface area contributed by atoms with Gasteiger partial charge in [-0.2, -0.15) is 0 Å². The molecule has 178 valence electrons. The van der Waals surface area contributed by atoms with Crippen molar-refractivity contribution in [3.63, 3.8) is 0 Å². The van der Waals surface area contributed by atoms with E-state index in [0.717, 1.165) is 5.57 Å². The van der Waals surface area contributed by atoms with Crippen LogP contribution >= 0.6 is 0 Å². The van der Waals surface area contributed by atoms with Crippen LogP contribution in [-0.2, 0) is 38.1 Å². The maximum absolute atomic E-state index is 12.4. The average molecular weight is 453 g/mol. The summed E-state index contributed by atoms with van der Waals surface area (Å²) in [5.41, 5.74) is -2.01. The van der Waals surface area contributed by atoms with Gasteiger partial charge in [-0.25, -0.2) is 0 Å². The Kier molecular flexibility index (Phi) is 5.46. The zero-order valence-electron chi connectivity index (χ0n) is 19.4. The maximum Gasteiger partial charge on any atom is 0.308 e. The Morgan fingerprint density at radius 1 is 1.22 bits per heavy atom. The molecule has 2 saturated heterocycles. The number of hydrogen-bond donors (Lipinski definition) is 1. The molecule has 2 aliphatic carbocycles. The van der Waals surface area contributed by atoms with Crippen molar-refractivity contribution in [3.8, 4) is 0 Å². The molecule has 0 amide bonds. The lowest BCUT2D eigenvalue weighted by atomic mass is 9.51. The van der Waals surface area contributed by atoms with Crippen molar-refractivity contribution < 1.29 is 43.2 Å². The number of carbonyl (C=O) groups is 3. The molecule has 1 spiro atoms. The molecule has 32 heavy (non-hydrogen) atoms. The quantitative estimate of drug-likeness (QED) is 0.285. The highest BCUT2D eigenvalue weighted by atomic mass is 16.7. The van der Waals surface area contributed by atoms with E-state index < -0.39 is 58.9 Å². The van der Waals surface area contributed by atoms with Gasteiger partial charge in [-0.1, -0.05) is 26.8 Å². The smallest absolute Gasteiger partial charge is 0.308 e. The van der Waals surface area contributed by atoms with Gasteiger partial charge in [0.25, 0.3) is 0 Å². The highest BCUT2D eigenvalue weighted by molar-refractivity contribution is 5.72. The molecule has 4 rings (SSSR count). The summed E-state index contributed by atoms with van der Waals surface area (Å²) in [6, 6.07) is 0. The Morgan fingerprint density at radius 2 is 1.88 bits per heavy atom. The van der Waals surface area contributed by atoms with Gasteiger partial charge in [-0.3, -0.25) is 14.4 Å². The Balaban J connectivity index is 1.83. The second-order valence-corrected chi connectivity index (χ2v) is 10.0. The first-order valence-corrected chi connectivity index (χ1v) is 11.1. The number of ether oxygens (including phenoxy) is 5. The SMILES string of the molecule is CC(=O)OC[C@]12C[C@H](OC(=O)C(C)C)C(C)=C[C@H]1O[C@@H]1[C@H](O)[C@@H](OC(C)=O)[C@@]2(C)[C@]12CO2. The number of epoxide rings is 1. The first-order valence-electron chi connectivity index (χ1n) is 11.1. The van der Waals surface area contributed by atoms with Gasteiger partial charge in [0.2, 0.25) is 0 Å². The lowest BCUT2D eigenvalue weighted by molar-refractivity contribution is -0.241. The molecule has 4 aliphatic rings. The zero-order valence-corrected chi connectivity index (χ0v) is 19.4. The largest absolute Gasteiger partial charge is 0.465 e. The van der Waals surface area contributed by atoms with E-state index >= 15 is 0 Å². The molecule has 8 atom stereocenters. The van der Waals surface area contributed by atoms with Crippen LogP contribution in [0.25, 0.3) is 0 Å². The van der Waals surface area contributed by atoms with E-state index in [1.54, 1.807) is 13.8 Å². The first kappa shape index (κ1) is 23.2. The van der Waals surface area contributed by atoms with Crippen molar-refractivity contribution in [1.29, 1.82) is 0 Å². The van der Waals surface area contributed by atoms with Gasteiger partial charge in [0.05, 0.1) is 29.5 Å². The molecular weight excluding hydrogens is 420 g/mol. The molecule has 2 aliphatic heterocycles. The van der Waals surface area contributed by atoms with E-state index in [1.807, 2.05) is 19.9 Å². The van der Waals surface area contributed by atoms with Crippen LogP contribution in [0.3, 0.4) is 0 Å². The number of carbonyl (C=O) groups excluding carboxylic acids is 3. The molecule has 1 saturated carbocycles. The van der Waals surface area contributed by atoms with Gasteiger partial charge in [-0.15, -0.1) is 0 Å². The van der Waals surface area contributed by atoms with Crippen LogP contribution in [0.2, 0.25) is 0 Å². The number of aliphatic hydroxyl groups is 1. The monoisotopic (exact) mass is 452 g/mol. The maximum atomic E-state index is 12.4. The van der Waals surface area contributed by atoms with Crippen molar-refractivity contribution in [2.24, 2.45) is 16.7 Å². The van der Waals surface area contributed by atoms with Crippen LogP contribution in [0.4, 0.5) is 0 Å². The minimum Gasteiger partial charge on any atom is -0.465 e. The van der Waals surface area contributed by atoms with Crippen LogP contribution < -0.4 is 0 Å². The van der Waals surface area contributed by atoms with Crippen LogP contribution in [0.15, 0.2) is 11.6 Å². The third kappa shape index (κ3) is 3.04. The highest BCUT2D eigenvalue weighted by Crippen LogP contribution is 2.72. The number of fused-ring (bicyclic) bond motifs is 2. The van der Waals surface area contributed by atoms with Crippen LogP contribution in [0, 0.1) is 16.7 Å². The number of rotatable bonds is 5. The predicted molar refractivity (Wildman–Crippen MR) is 109 cm³/mol. The van der Waals surface area contributed by atoms with Crippen LogP contribution in [0.1, 0.15) is 48.0 Å². The molecule has 0 radical (unpaired) electrons. The Bertz CT molecular complexity index is 860. The summed E-state index contributed by atoms with van der Waals surface area (Å²) in [6.07, 6.45) is -1.76. The Morgan fingerprint density at radius 3 is 2.41 bits per heavy atom. The summed E-state index contributed by atoms with van der Waals surface area (Å²) in [7, 11) is 0. The van der Waals surface area contributed by atoms with Gasteiger partial charge < -0.3 is 28.8 Å². The van der Waals surface area contributed by atoms with Crippen molar-refractivity contribution in [2.45, 2.75) is 84.1 Å². The minimum atomic E-state index is -1.11. The molecule has 9 nitrogen and oxygen atoms in total. The molecule has 0 aromatic carbocycles. The predicted octanol–water partition coefficient (Wildman–Crippen LogP) is 1.30. The van der Waals surface area contributed by atoms with Crippen molar-refractivity contribution in [1.82, 2.24) is 0 Å². The molecular formula is C23H32O9. The van der Waals surface area contributed by atoms with Gasteiger partial charge in [0.1, 0.15) is 36.6 Å². The summed E-state index contributed by atoms with van der Waals surface area (Å²) in [5, 5.41) is 11.1. The van der Waals surface area contributed by atoms with E-state index in [1.165, 1.54) is 13.8 Å². The van der Waals surface area contributed by atoms with E-state index in [2.05, 4.69) is 0 Å². The van der Waals surface area contributed by atoms with E-state index in [0.29, 0.717) is 6.61 Å². The van der Waals surface area contributed by atoms with Crippen molar-refractivity contribution >= 4 is 17.9 Å². The average Bonchev–Trinajstić information content (AvgIpc) is 3.48. The topological polar surface area (TPSA) is 121 Å². The van der Waals surface area contributed by atoms with E-state index in [4.69, 9.17) is 23.7 Å².